The summed E-state index contributed by atoms with van der Waals surface area (Å²) in [6.07, 6.45) is 3.29. The van der Waals surface area contributed by atoms with Gasteiger partial charge in [0.2, 0.25) is 0 Å². The van der Waals surface area contributed by atoms with Gasteiger partial charge < -0.3 is 10.2 Å². The summed E-state index contributed by atoms with van der Waals surface area (Å²) in [5, 5.41) is 21.7. The van der Waals surface area contributed by atoms with Crippen molar-refractivity contribution in [1.82, 2.24) is 0 Å². The molecule has 0 heterocycles. The number of fused-ring (bicyclic) bond motifs is 4. The van der Waals surface area contributed by atoms with Crippen molar-refractivity contribution in [2.75, 3.05) is 13.2 Å². The molecule has 0 spiro atoms. The number of rotatable bonds is 7. The van der Waals surface area contributed by atoms with Gasteiger partial charge in [0, 0.05) is 18.6 Å². The van der Waals surface area contributed by atoms with Crippen LogP contribution >= 0.6 is 0 Å². The first-order valence-corrected chi connectivity index (χ1v) is 11.2. The lowest BCUT2D eigenvalue weighted by Crippen LogP contribution is -2.26. The lowest BCUT2D eigenvalue weighted by atomic mass is 9.71. The van der Waals surface area contributed by atoms with Gasteiger partial charge >= 0.3 is 0 Å². The van der Waals surface area contributed by atoms with Crippen molar-refractivity contribution >= 4 is 10.8 Å². The van der Waals surface area contributed by atoms with E-state index in [0.717, 1.165) is 25.7 Å². The van der Waals surface area contributed by atoms with Crippen LogP contribution in [0.5, 0.6) is 0 Å². The summed E-state index contributed by atoms with van der Waals surface area (Å²) in [6, 6.07) is 30.6. The Morgan fingerprint density at radius 2 is 1.23 bits per heavy atom. The van der Waals surface area contributed by atoms with E-state index in [1.54, 1.807) is 0 Å². The maximum absolute atomic E-state index is 9.61. The zero-order valence-corrected chi connectivity index (χ0v) is 17.7. The first kappa shape index (κ1) is 20.0. The van der Waals surface area contributed by atoms with Gasteiger partial charge in [-0.25, -0.2) is 0 Å². The first-order valence-electron chi connectivity index (χ1n) is 11.2. The van der Waals surface area contributed by atoms with Crippen LogP contribution in [0.2, 0.25) is 0 Å². The van der Waals surface area contributed by atoms with Gasteiger partial charge in [-0.05, 0) is 75.9 Å². The lowest BCUT2D eigenvalue weighted by Gasteiger charge is -2.32. The van der Waals surface area contributed by atoms with Gasteiger partial charge in [0.25, 0.3) is 0 Å². The van der Waals surface area contributed by atoms with E-state index in [9.17, 15) is 10.2 Å². The Bertz CT molecular complexity index is 1210. The van der Waals surface area contributed by atoms with Crippen LogP contribution in [0.25, 0.3) is 33.0 Å². The molecule has 0 aromatic heterocycles. The molecule has 31 heavy (non-hydrogen) atoms. The van der Waals surface area contributed by atoms with E-state index in [2.05, 4.69) is 84.9 Å². The Kier molecular flexibility index (Phi) is 5.35. The Hall–Kier alpha value is -2.94. The van der Waals surface area contributed by atoms with E-state index >= 15 is 0 Å². The van der Waals surface area contributed by atoms with Crippen LogP contribution in [0.15, 0.2) is 84.9 Å². The average Bonchev–Trinajstić information content (AvgIpc) is 3.10. The molecular formula is C29H28O2. The van der Waals surface area contributed by atoms with Crippen molar-refractivity contribution in [3.8, 4) is 22.3 Å². The van der Waals surface area contributed by atoms with Gasteiger partial charge in [-0.15, -0.1) is 0 Å². The maximum atomic E-state index is 9.61. The highest BCUT2D eigenvalue weighted by Gasteiger charge is 2.42. The third kappa shape index (κ3) is 3.27. The molecule has 0 amide bonds. The van der Waals surface area contributed by atoms with Crippen LogP contribution in [0.4, 0.5) is 0 Å². The van der Waals surface area contributed by atoms with Gasteiger partial charge in [0.15, 0.2) is 0 Å². The predicted molar refractivity (Wildman–Crippen MR) is 128 cm³/mol. The molecule has 4 aromatic carbocycles. The van der Waals surface area contributed by atoms with Crippen molar-refractivity contribution < 1.29 is 10.2 Å². The minimum Gasteiger partial charge on any atom is -0.396 e. The van der Waals surface area contributed by atoms with Crippen molar-refractivity contribution in [3.05, 3.63) is 96.1 Å². The molecule has 0 radical (unpaired) electrons. The highest BCUT2D eigenvalue weighted by Crippen LogP contribution is 2.54. The molecule has 5 rings (SSSR count). The minimum atomic E-state index is -0.144. The SMILES string of the molecule is OCCCC1(CCCO)c2ccccc2-c2cc(-c3cccc4ccccc34)ccc21. The molecular weight excluding hydrogens is 380 g/mol. The van der Waals surface area contributed by atoms with Crippen LogP contribution < -0.4 is 0 Å². The summed E-state index contributed by atoms with van der Waals surface area (Å²) in [7, 11) is 0. The normalized spacial score (nSPS) is 13.9. The summed E-state index contributed by atoms with van der Waals surface area (Å²) in [6.45, 7) is 0.374. The quantitative estimate of drug-likeness (QED) is 0.376. The van der Waals surface area contributed by atoms with Gasteiger partial charge in [-0.3, -0.25) is 0 Å². The molecule has 2 heteroatoms. The van der Waals surface area contributed by atoms with Crippen LogP contribution in [-0.4, -0.2) is 23.4 Å². The second kappa shape index (κ2) is 8.30. The van der Waals surface area contributed by atoms with E-state index in [0.29, 0.717) is 0 Å². The number of benzene rings is 4. The Balaban J connectivity index is 1.71. The fraction of sp³-hybridized carbons (Fsp3) is 0.241. The fourth-order valence-corrected chi connectivity index (χ4v) is 5.53. The predicted octanol–water partition coefficient (Wildman–Crippen LogP) is 6.32. The van der Waals surface area contributed by atoms with E-state index in [-0.39, 0.29) is 18.6 Å². The fourth-order valence-electron chi connectivity index (χ4n) is 5.53. The van der Waals surface area contributed by atoms with E-state index < -0.39 is 0 Å². The van der Waals surface area contributed by atoms with Crippen LogP contribution in [0.1, 0.15) is 36.8 Å². The average molecular weight is 409 g/mol. The van der Waals surface area contributed by atoms with Crippen LogP contribution in [0.3, 0.4) is 0 Å². The van der Waals surface area contributed by atoms with Crippen LogP contribution in [-0.2, 0) is 5.41 Å². The Morgan fingerprint density at radius 3 is 2.03 bits per heavy atom. The number of aliphatic hydroxyl groups is 2. The summed E-state index contributed by atoms with van der Waals surface area (Å²) < 4.78 is 0. The van der Waals surface area contributed by atoms with Crippen molar-refractivity contribution in [2.24, 2.45) is 0 Å². The Labute approximate surface area is 183 Å². The molecule has 0 saturated carbocycles. The minimum absolute atomic E-state index is 0.144. The standard InChI is InChI=1S/C29H28O2/c30-18-6-16-29(17-7-19-31)27-13-4-3-11-25(27)26-20-22(14-15-28(26)29)24-12-5-9-21-8-1-2-10-23(21)24/h1-5,8-15,20,30-31H,6-7,16-19H2. The van der Waals surface area contributed by atoms with Crippen LogP contribution in [0, 0.1) is 0 Å². The number of aliphatic hydroxyl groups excluding tert-OH is 2. The maximum Gasteiger partial charge on any atom is 0.0431 e. The molecule has 1 aliphatic carbocycles. The summed E-state index contributed by atoms with van der Waals surface area (Å²) in [4.78, 5) is 0. The van der Waals surface area contributed by atoms with E-state index in [1.807, 2.05) is 0 Å². The Morgan fingerprint density at radius 1 is 0.581 bits per heavy atom. The van der Waals surface area contributed by atoms with Gasteiger partial charge in [0.1, 0.15) is 0 Å². The molecule has 156 valence electrons. The van der Waals surface area contributed by atoms with Gasteiger partial charge in [-0.1, -0.05) is 78.9 Å². The molecule has 0 fully saturated rings. The van der Waals surface area contributed by atoms with Crippen molar-refractivity contribution in [3.63, 3.8) is 0 Å². The van der Waals surface area contributed by atoms with Gasteiger partial charge in [0.05, 0.1) is 0 Å². The highest BCUT2D eigenvalue weighted by atomic mass is 16.3. The molecule has 0 atom stereocenters. The zero-order chi connectivity index (χ0) is 21.3. The smallest absolute Gasteiger partial charge is 0.0431 e. The third-order valence-corrected chi connectivity index (χ3v) is 6.89. The monoisotopic (exact) mass is 408 g/mol. The first-order chi connectivity index (χ1) is 15.3. The molecule has 1 aliphatic rings. The van der Waals surface area contributed by atoms with Crippen molar-refractivity contribution in [1.29, 1.82) is 0 Å². The number of hydrogen-bond acceptors (Lipinski definition) is 2. The summed E-state index contributed by atoms with van der Waals surface area (Å²) in [5.74, 6) is 0. The topological polar surface area (TPSA) is 40.5 Å². The van der Waals surface area contributed by atoms with Gasteiger partial charge in [-0.2, -0.15) is 0 Å². The summed E-state index contributed by atoms with van der Waals surface area (Å²) >= 11 is 0. The van der Waals surface area contributed by atoms with E-state index in [4.69, 9.17) is 0 Å². The second-order valence-corrected chi connectivity index (χ2v) is 8.57. The largest absolute Gasteiger partial charge is 0.396 e. The highest BCUT2D eigenvalue weighted by molar-refractivity contribution is 5.98. The molecule has 0 unspecified atom stereocenters. The number of hydrogen-bond donors (Lipinski definition) is 2. The lowest BCUT2D eigenvalue weighted by molar-refractivity contribution is 0.247. The molecule has 2 nitrogen and oxygen atoms in total. The van der Waals surface area contributed by atoms with E-state index in [1.165, 1.54) is 44.2 Å². The van der Waals surface area contributed by atoms with Crippen molar-refractivity contribution in [2.45, 2.75) is 31.1 Å². The molecule has 0 saturated heterocycles. The molecule has 4 aromatic rings. The zero-order valence-electron chi connectivity index (χ0n) is 17.7. The molecule has 0 bridgehead atoms. The second-order valence-electron chi connectivity index (χ2n) is 8.57. The third-order valence-electron chi connectivity index (χ3n) is 6.89. The molecule has 2 N–H and O–H groups in total. The summed E-state index contributed by atoms with van der Waals surface area (Å²) in [5.41, 5.74) is 7.58. The molecule has 0 aliphatic heterocycles.